The molecule has 0 spiro atoms. The van der Waals surface area contributed by atoms with Crippen LogP contribution in [0.25, 0.3) is 5.69 Å². The minimum absolute atomic E-state index is 0.0208. The largest absolute Gasteiger partial charge is 0.442 e. The predicted octanol–water partition coefficient (Wildman–Crippen LogP) is 5.88. The maximum absolute atomic E-state index is 13.3. The number of rotatable bonds is 10. The highest BCUT2D eigenvalue weighted by atomic mass is 35.5. The number of pyridine rings is 1. The van der Waals surface area contributed by atoms with Crippen molar-refractivity contribution in [2.75, 3.05) is 18.0 Å². The van der Waals surface area contributed by atoms with Crippen LogP contribution in [0.5, 0.6) is 0 Å². The molecule has 1 saturated carbocycles. The molecule has 1 atom stereocenters. The third-order valence-electron chi connectivity index (χ3n) is 8.06. The maximum atomic E-state index is 13.3. The number of hydrogen-bond donors (Lipinski definition) is 2. The molecule has 1 saturated heterocycles. The number of aliphatic hydroxyl groups is 1. The Morgan fingerprint density at radius 1 is 1.12 bits per heavy atom. The fourth-order valence-corrected chi connectivity index (χ4v) is 6.71. The van der Waals surface area contributed by atoms with Crippen LogP contribution in [0, 0.1) is 12.8 Å². The minimum atomic E-state index is -0.481. The maximum Gasteiger partial charge on any atom is 0.414 e. The highest BCUT2D eigenvalue weighted by Gasteiger charge is 2.33. The third-order valence-corrected chi connectivity index (χ3v) is 9.29. The Bertz CT molecular complexity index is 1450. The highest BCUT2D eigenvalue weighted by molar-refractivity contribution is 7.18. The lowest BCUT2D eigenvalue weighted by Crippen LogP contribution is -2.34. The van der Waals surface area contributed by atoms with Crippen molar-refractivity contribution in [2.45, 2.75) is 70.5 Å². The molecular weight excluding hydrogens is 562 g/mol. The summed E-state index contributed by atoms with van der Waals surface area (Å²) in [5.41, 5.74) is 3.09. The smallest absolute Gasteiger partial charge is 0.414 e. The Labute approximate surface area is 248 Å². The number of hydrogen-bond acceptors (Lipinski definition) is 6. The van der Waals surface area contributed by atoms with Crippen LogP contribution in [0.4, 0.5) is 10.5 Å². The molecule has 0 bridgehead atoms. The molecule has 5 rings (SSSR count). The zero-order chi connectivity index (χ0) is 28.9. The Morgan fingerprint density at radius 2 is 1.93 bits per heavy atom. The fourth-order valence-electron chi connectivity index (χ4n) is 5.75. The molecular formula is C31H36ClN3O5S. The number of unbranched alkanes of at least 4 members (excludes halogenated alkanes) is 1. The van der Waals surface area contributed by atoms with Crippen molar-refractivity contribution >= 4 is 40.6 Å². The van der Waals surface area contributed by atoms with Crippen LogP contribution in [0.3, 0.4) is 0 Å². The van der Waals surface area contributed by atoms with E-state index in [1.807, 2.05) is 37.3 Å². The summed E-state index contributed by atoms with van der Waals surface area (Å²) in [7, 11) is 0. The van der Waals surface area contributed by atoms with Gasteiger partial charge < -0.3 is 15.2 Å². The van der Waals surface area contributed by atoms with E-state index in [1.54, 1.807) is 27.8 Å². The van der Waals surface area contributed by atoms with Gasteiger partial charge in [0.1, 0.15) is 6.10 Å². The highest BCUT2D eigenvalue weighted by Crippen LogP contribution is 2.29. The first-order valence-corrected chi connectivity index (χ1v) is 15.5. The fraction of sp³-hybridized carbons (Fsp3) is 0.452. The van der Waals surface area contributed by atoms with Gasteiger partial charge in [0.15, 0.2) is 0 Å². The summed E-state index contributed by atoms with van der Waals surface area (Å²) in [5, 5.41) is 12.5. The van der Waals surface area contributed by atoms with Gasteiger partial charge in [-0.1, -0.05) is 30.5 Å². The van der Waals surface area contributed by atoms with Gasteiger partial charge in [0.05, 0.1) is 34.1 Å². The van der Waals surface area contributed by atoms with Gasteiger partial charge >= 0.3 is 6.09 Å². The number of nitrogens with zero attached hydrogens (tertiary/aromatic N) is 2. The summed E-state index contributed by atoms with van der Waals surface area (Å²) in [6, 6.07) is 12.7. The van der Waals surface area contributed by atoms with Gasteiger partial charge in [-0.25, -0.2) is 4.79 Å². The summed E-state index contributed by atoms with van der Waals surface area (Å²) in [6.07, 6.45) is 8.69. The van der Waals surface area contributed by atoms with Crippen LogP contribution >= 0.6 is 22.9 Å². The number of carbonyl (C=O) groups excluding carboxylic acids is 2. The number of anilines is 1. The molecule has 1 aliphatic carbocycles. The van der Waals surface area contributed by atoms with Gasteiger partial charge in [-0.2, -0.15) is 0 Å². The molecule has 10 heteroatoms. The molecule has 41 heavy (non-hydrogen) atoms. The SMILES string of the molecule is Cc1cc(N2C[C@H](CNC(=O)c3ccc(Cl)s3)OC2=O)ccc1-n1cccc(CCCCC2CCC(O)CC2)c1=O. The van der Waals surface area contributed by atoms with Crippen molar-refractivity contribution in [3.05, 3.63) is 79.4 Å². The predicted molar refractivity (Wildman–Crippen MR) is 162 cm³/mol. The zero-order valence-corrected chi connectivity index (χ0v) is 24.8. The topological polar surface area (TPSA) is 101 Å². The number of aliphatic hydroxyl groups excluding tert-OH is 1. The molecule has 8 nitrogen and oxygen atoms in total. The number of amides is 2. The van der Waals surface area contributed by atoms with Crippen LogP contribution in [0.2, 0.25) is 4.34 Å². The van der Waals surface area contributed by atoms with Gasteiger partial charge in [0.25, 0.3) is 11.5 Å². The van der Waals surface area contributed by atoms with Crippen LogP contribution in [-0.2, 0) is 11.2 Å². The molecule has 3 aromatic rings. The number of halogens is 1. The first-order chi connectivity index (χ1) is 19.8. The number of ether oxygens (including phenoxy) is 1. The van der Waals surface area contributed by atoms with E-state index in [-0.39, 0.29) is 24.1 Å². The summed E-state index contributed by atoms with van der Waals surface area (Å²) >= 11 is 7.10. The molecule has 2 fully saturated rings. The lowest BCUT2D eigenvalue weighted by atomic mass is 9.84. The molecule has 3 heterocycles. The molecule has 1 aromatic carbocycles. The van der Waals surface area contributed by atoms with E-state index >= 15 is 0 Å². The molecule has 1 aliphatic heterocycles. The van der Waals surface area contributed by atoms with Crippen molar-refractivity contribution in [2.24, 2.45) is 5.92 Å². The second-order valence-electron chi connectivity index (χ2n) is 11.0. The number of nitrogens with one attached hydrogen (secondary N) is 1. The van der Waals surface area contributed by atoms with Crippen LogP contribution in [-0.4, -0.2) is 47.0 Å². The normalized spacial score (nSPS) is 20.7. The number of aromatic nitrogens is 1. The number of carbonyl (C=O) groups is 2. The Morgan fingerprint density at radius 3 is 2.66 bits per heavy atom. The first-order valence-electron chi connectivity index (χ1n) is 14.3. The van der Waals surface area contributed by atoms with Crippen LogP contribution in [0.1, 0.15) is 65.7 Å². The second kappa shape index (κ2) is 13.2. The van der Waals surface area contributed by atoms with E-state index < -0.39 is 12.2 Å². The van der Waals surface area contributed by atoms with Gasteiger partial charge in [-0.15, -0.1) is 11.3 Å². The Kier molecular flexibility index (Phi) is 9.47. The molecule has 2 N–H and O–H groups in total. The van der Waals surface area contributed by atoms with Crippen molar-refractivity contribution in [3.8, 4) is 5.69 Å². The lowest BCUT2D eigenvalue weighted by molar-refractivity contribution is 0.0920. The number of thiophene rings is 1. The van der Waals surface area contributed by atoms with Crippen molar-refractivity contribution in [1.29, 1.82) is 0 Å². The average molecular weight is 598 g/mol. The first kappa shape index (κ1) is 29.4. The number of aryl methyl sites for hydroxylation is 2. The average Bonchev–Trinajstić information content (AvgIpc) is 3.57. The van der Waals surface area contributed by atoms with E-state index in [9.17, 15) is 19.5 Å². The summed E-state index contributed by atoms with van der Waals surface area (Å²) in [6.45, 7) is 2.42. The van der Waals surface area contributed by atoms with Gasteiger partial charge in [-0.05, 0) is 93.3 Å². The lowest BCUT2D eigenvalue weighted by Gasteiger charge is -2.25. The molecule has 0 radical (unpaired) electrons. The molecule has 2 aliphatic rings. The third kappa shape index (κ3) is 7.20. The van der Waals surface area contributed by atoms with E-state index in [2.05, 4.69) is 5.32 Å². The van der Waals surface area contributed by atoms with E-state index in [0.717, 1.165) is 68.2 Å². The monoisotopic (exact) mass is 597 g/mol. The molecule has 2 amide bonds. The van der Waals surface area contributed by atoms with Crippen molar-refractivity contribution in [3.63, 3.8) is 0 Å². The second-order valence-corrected chi connectivity index (χ2v) is 12.7. The number of benzene rings is 1. The van der Waals surface area contributed by atoms with E-state index in [4.69, 9.17) is 16.3 Å². The minimum Gasteiger partial charge on any atom is -0.442 e. The molecule has 2 aromatic heterocycles. The Hall–Kier alpha value is -3.14. The quantitative estimate of drug-likeness (QED) is 0.284. The summed E-state index contributed by atoms with van der Waals surface area (Å²) < 4.78 is 7.69. The standard InChI is InChI=1S/C31H36ClN3O5S/c1-20-17-23(35-19-25(40-31(35)39)18-33-29(37)27-14-15-28(32)41-27)10-13-26(20)34-16-4-7-22(30(34)38)6-3-2-5-21-8-11-24(36)12-9-21/h4,7,10,13-17,21,24-25,36H,2-3,5-6,8-9,11-12,18-19H2,1H3,(H,33,37)/t21?,24?,25-/m0/s1. The van der Waals surface area contributed by atoms with Crippen molar-refractivity contribution < 1.29 is 19.4 Å². The zero-order valence-electron chi connectivity index (χ0n) is 23.2. The van der Waals surface area contributed by atoms with Gasteiger partial charge in [0.2, 0.25) is 0 Å². The molecule has 0 unspecified atom stereocenters. The summed E-state index contributed by atoms with van der Waals surface area (Å²) in [5.74, 6) is 0.439. The van der Waals surface area contributed by atoms with E-state index in [1.165, 1.54) is 11.3 Å². The van der Waals surface area contributed by atoms with Crippen LogP contribution < -0.4 is 15.8 Å². The van der Waals surface area contributed by atoms with Crippen LogP contribution in [0.15, 0.2) is 53.5 Å². The van der Waals surface area contributed by atoms with Crippen molar-refractivity contribution in [1.82, 2.24) is 9.88 Å². The molecule has 218 valence electrons. The van der Waals surface area contributed by atoms with Gasteiger partial charge in [-0.3, -0.25) is 19.1 Å². The summed E-state index contributed by atoms with van der Waals surface area (Å²) in [4.78, 5) is 40.3. The van der Waals surface area contributed by atoms with E-state index in [0.29, 0.717) is 27.4 Å². The Balaban J connectivity index is 1.18. The van der Waals surface area contributed by atoms with Gasteiger partial charge in [0, 0.05) is 17.4 Å². The number of cyclic esters (lactones) is 1.